The highest BCUT2D eigenvalue weighted by molar-refractivity contribution is 8.39. The van der Waals surface area contributed by atoms with Crippen molar-refractivity contribution in [3.8, 4) is 0 Å². The summed E-state index contributed by atoms with van der Waals surface area (Å²) in [4.78, 5) is 27.3. The number of hydrogen-bond acceptors (Lipinski definition) is 5. The number of carbonyl (C=O) groups excluding carboxylic acids is 1. The van der Waals surface area contributed by atoms with Crippen LogP contribution in [0.1, 0.15) is 17.3 Å². The van der Waals surface area contributed by atoms with Gasteiger partial charge in [0.2, 0.25) is 5.91 Å². The molecule has 5 nitrogen and oxygen atoms in total. The zero-order valence-electron chi connectivity index (χ0n) is 11.1. The monoisotopic (exact) mass is 344 g/mol. The number of anilines is 1. The summed E-state index contributed by atoms with van der Waals surface area (Å²) in [6.45, 7) is 2.56. The standard InChI is InChI=1S/C13H13ClN2O3S2/c1-7(21-13-15-4-5-20-13)11(17)16-10-6-8(12(18)19)2-3-9(10)14/h2-3,6-7H,4-5H2,1H3,(H,16,17)(H,18,19). The van der Waals surface area contributed by atoms with Crippen molar-refractivity contribution in [2.45, 2.75) is 12.2 Å². The Balaban J connectivity index is 2.04. The topological polar surface area (TPSA) is 78.8 Å². The summed E-state index contributed by atoms with van der Waals surface area (Å²) in [6, 6.07) is 4.19. The molecule has 0 aliphatic carbocycles. The van der Waals surface area contributed by atoms with Gasteiger partial charge in [-0.05, 0) is 25.1 Å². The van der Waals surface area contributed by atoms with Crippen LogP contribution in [0.2, 0.25) is 5.02 Å². The van der Waals surface area contributed by atoms with Crippen LogP contribution in [-0.2, 0) is 4.79 Å². The molecule has 112 valence electrons. The number of aromatic carboxylic acids is 1. The van der Waals surface area contributed by atoms with Gasteiger partial charge in [0, 0.05) is 5.75 Å². The summed E-state index contributed by atoms with van der Waals surface area (Å²) in [5.74, 6) is -0.357. The Bertz CT molecular complexity index is 607. The molecule has 1 unspecified atom stereocenters. The smallest absolute Gasteiger partial charge is 0.335 e. The Morgan fingerprint density at radius 2 is 2.29 bits per heavy atom. The molecule has 0 saturated heterocycles. The van der Waals surface area contributed by atoms with Crippen LogP contribution in [0.4, 0.5) is 5.69 Å². The molecule has 1 atom stereocenters. The predicted octanol–water partition coefficient (Wildman–Crippen LogP) is 3.20. The lowest BCUT2D eigenvalue weighted by Gasteiger charge is -2.13. The molecule has 0 bridgehead atoms. The van der Waals surface area contributed by atoms with Crippen molar-refractivity contribution in [3.05, 3.63) is 28.8 Å². The van der Waals surface area contributed by atoms with Crippen molar-refractivity contribution in [2.24, 2.45) is 4.99 Å². The second-order valence-electron chi connectivity index (χ2n) is 4.25. The molecule has 8 heteroatoms. The van der Waals surface area contributed by atoms with Crippen molar-refractivity contribution in [3.63, 3.8) is 0 Å². The molecule has 2 rings (SSSR count). The molecule has 1 aromatic rings. The first kappa shape index (κ1) is 16.2. The molecule has 0 fully saturated rings. The normalized spacial score (nSPS) is 15.4. The van der Waals surface area contributed by atoms with Crippen LogP contribution in [0.25, 0.3) is 0 Å². The third kappa shape index (κ3) is 4.39. The maximum atomic E-state index is 12.1. The number of nitrogens with zero attached hydrogens (tertiary/aromatic N) is 1. The van der Waals surface area contributed by atoms with Gasteiger partial charge < -0.3 is 10.4 Å². The van der Waals surface area contributed by atoms with Crippen LogP contribution < -0.4 is 5.32 Å². The summed E-state index contributed by atoms with van der Waals surface area (Å²) in [5.41, 5.74) is 0.376. The van der Waals surface area contributed by atoms with Gasteiger partial charge in [0.25, 0.3) is 0 Å². The van der Waals surface area contributed by atoms with Crippen LogP contribution in [0.15, 0.2) is 23.2 Å². The highest BCUT2D eigenvalue weighted by Crippen LogP contribution is 2.28. The van der Waals surface area contributed by atoms with Crippen molar-refractivity contribution >= 4 is 57.1 Å². The number of rotatable bonds is 4. The Morgan fingerprint density at radius 1 is 1.52 bits per heavy atom. The molecule has 1 aliphatic rings. The van der Waals surface area contributed by atoms with E-state index in [0.717, 1.165) is 16.7 Å². The number of nitrogens with one attached hydrogen (secondary N) is 1. The van der Waals surface area contributed by atoms with Crippen molar-refractivity contribution in [1.29, 1.82) is 0 Å². The minimum atomic E-state index is -1.07. The lowest BCUT2D eigenvalue weighted by Crippen LogP contribution is -2.23. The zero-order chi connectivity index (χ0) is 15.4. The maximum absolute atomic E-state index is 12.1. The van der Waals surface area contributed by atoms with E-state index in [9.17, 15) is 9.59 Å². The van der Waals surface area contributed by atoms with Gasteiger partial charge >= 0.3 is 5.97 Å². The van der Waals surface area contributed by atoms with Crippen LogP contribution in [-0.4, -0.2) is 38.9 Å². The van der Waals surface area contributed by atoms with Gasteiger partial charge in [-0.2, -0.15) is 0 Å². The fraction of sp³-hybridized carbons (Fsp3) is 0.308. The Kier molecular flexibility index (Phi) is 5.55. The Hall–Kier alpha value is -1.18. The lowest BCUT2D eigenvalue weighted by atomic mass is 10.2. The van der Waals surface area contributed by atoms with Crippen molar-refractivity contribution in [1.82, 2.24) is 0 Å². The van der Waals surface area contributed by atoms with E-state index in [1.807, 2.05) is 0 Å². The summed E-state index contributed by atoms with van der Waals surface area (Å²) >= 11 is 9.00. The first-order valence-corrected chi connectivity index (χ1v) is 8.39. The quantitative estimate of drug-likeness (QED) is 0.876. The van der Waals surface area contributed by atoms with Gasteiger partial charge in [-0.3, -0.25) is 9.79 Å². The number of carboxylic acids is 1. The molecule has 0 aromatic heterocycles. The minimum Gasteiger partial charge on any atom is -0.478 e. The summed E-state index contributed by atoms with van der Waals surface area (Å²) in [5, 5.41) is 11.6. The molecule has 1 aliphatic heterocycles. The number of carbonyl (C=O) groups is 2. The van der Waals surface area contributed by atoms with E-state index in [-0.39, 0.29) is 16.7 Å². The van der Waals surface area contributed by atoms with Crippen LogP contribution >= 0.6 is 35.1 Å². The van der Waals surface area contributed by atoms with Gasteiger partial charge in [0.1, 0.15) is 4.38 Å². The summed E-state index contributed by atoms with van der Waals surface area (Å²) in [7, 11) is 0. The average Bonchev–Trinajstić information content (AvgIpc) is 2.93. The minimum absolute atomic E-state index is 0.0747. The Morgan fingerprint density at radius 3 is 2.90 bits per heavy atom. The second-order valence-corrected chi connectivity index (χ2v) is 7.32. The third-order valence-corrected chi connectivity index (χ3v) is 5.31. The molecule has 21 heavy (non-hydrogen) atoms. The molecule has 1 amide bonds. The second kappa shape index (κ2) is 7.20. The van der Waals surface area contributed by atoms with Crippen LogP contribution in [0.5, 0.6) is 0 Å². The SMILES string of the molecule is CC(SC1=NCCS1)C(=O)Nc1cc(C(=O)O)ccc1Cl. The van der Waals surface area contributed by atoms with Crippen LogP contribution in [0, 0.1) is 0 Å². The molecule has 1 aromatic carbocycles. The number of thioether (sulfide) groups is 2. The van der Waals surface area contributed by atoms with E-state index in [1.165, 1.54) is 30.0 Å². The summed E-state index contributed by atoms with van der Waals surface area (Å²) in [6.07, 6.45) is 0. The molecule has 0 saturated carbocycles. The number of halogens is 1. The van der Waals surface area contributed by atoms with Crippen molar-refractivity contribution in [2.75, 3.05) is 17.6 Å². The van der Waals surface area contributed by atoms with Gasteiger partial charge in [-0.1, -0.05) is 35.1 Å². The maximum Gasteiger partial charge on any atom is 0.335 e. The number of benzene rings is 1. The van der Waals surface area contributed by atoms with Crippen molar-refractivity contribution < 1.29 is 14.7 Å². The van der Waals surface area contributed by atoms with E-state index in [0.29, 0.717) is 10.7 Å². The van der Waals surface area contributed by atoms with E-state index in [4.69, 9.17) is 16.7 Å². The predicted molar refractivity (Wildman–Crippen MR) is 88.9 cm³/mol. The molecular formula is C13H13ClN2O3S2. The Labute approximate surface area is 135 Å². The molecule has 2 N–H and O–H groups in total. The highest BCUT2D eigenvalue weighted by Gasteiger charge is 2.20. The highest BCUT2D eigenvalue weighted by atomic mass is 35.5. The number of aliphatic imine (C=N–C) groups is 1. The summed E-state index contributed by atoms with van der Waals surface area (Å²) < 4.78 is 0.906. The average molecular weight is 345 g/mol. The molecule has 1 heterocycles. The van der Waals surface area contributed by atoms with Gasteiger partial charge in [-0.15, -0.1) is 0 Å². The number of amides is 1. The van der Waals surface area contributed by atoms with Crippen LogP contribution in [0.3, 0.4) is 0 Å². The van der Waals surface area contributed by atoms with E-state index in [1.54, 1.807) is 18.7 Å². The molecule has 0 spiro atoms. The zero-order valence-corrected chi connectivity index (χ0v) is 13.5. The number of carboxylic acid groups (broad SMARTS) is 1. The fourth-order valence-electron chi connectivity index (χ4n) is 1.58. The molecule has 0 radical (unpaired) electrons. The largest absolute Gasteiger partial charge is 0.478 e. The lowest BCUT2D eigenvalue weighted by molar-refractivity contribution is -0.115. The molecular weight excluding hydrogens is 332 g/mol. The first-order valence-electron chi connectivity index (χ1n) is 6.15. The van der Waals surface area contributed by atoms with E-state index >= 15 is 0 Å². The first-order chi connectivity index (χ1) is 9.97. The third-order valence-electron chi connectivity index (χ3n) is 2.68. The van der Waals surface area contributed by atoms with Gasteiger partial charge in [-0.25, -0.2) is 4.79 Å². The van der Waals surface area contributed by atoms with E-state index in [2.05, 4.69) is 10.3 Å². The van der Waals surface area contributed by atoms with E-state index < -0.39 is 5.97 Å². The van der Waals surface area contributed by atoms with Gasteiger partial charge in [0.15, 0.2) is 0 Å². The van der Waals surface area contributed by atoms with Gasteiger partial charge in [0.05, 0.1) is 28.1 Å². The fourth-order valence-corrected chi connectivity index (χ4v) is 3.87. The number of hydrogen-bond donors (Lipinski definition) is 2.